The van der Waals surface area contributed by atoms with E-state index in [9.17, 15) is 4.79 Å². The van der Waals surface area contributed by atoms with Crippen molar-refractivity contribution in [3.63, 3.8) is 0 Å². The molecule has 0 radical (unpaired) electrons. The molecule has 0 saturated heterocycles. The first-order chi connectivity index (χ1) is 13.0. The largest absolute Gasteiger partial charge is 0.493 e. The predicted molar refractivity (Wildman–Crippen MR) is 106 cm³/mol. The molecule has 0 saturated carbocycles. The molecule has 0 aromatic heterocycles. The molecule has 0 aliphatic heterocycles. The number of hydrogen-bond acceptors (Lipinski definition) is 5. The fraction of sp³-hybridized carbons (Fsp3) is 0.333. The fourth-order valence-corrected chi connectivity index (χ4v) is 2.35. The summed E-state index contributed by atoms with van der Waals surface area (Å²) in [4.78, 5) is 11.8. The number of hydrogen-bond donors (Lipinski definition) is 1. The number of amides is 1. The highest BCUT2D eigenvalue weighted by molar-refractivity contribution is 5.83. The Bertz CT molecular complexity index is 770. The second kappa shape index (κ2) is 10.2. The van der Waals surface area contributed by atoms with Crippen LogP contribution in [0.3, 0.4) is 0 Å². The second-order valence-corrected chi connectivity index (χ2v) is 6.15. The van der Waals surface area contributed by atoms with Crippen LogP contribution in [0.5, 0.6) is 17.2 Å². The van der Waals surface area contributed by atoms with Gasteiger partial charge in [-0.15, -0.1) is 0 Å². The molecule has 0 aliphatic carbocycles. The molecule has 0 heterocycles. The molecule has 0 aliphatic rings. The summed E-state index contributed by atoms with van der Waals surface area (Å²) in [7, 11) is 1.57. The van der Waals surface area contributed by atoms with Crippen LogP contribution in [0.15, 0.2) is 47.6 Å². The van der Waals surface area contributed by atoms with Gasteiger partial charge in [0.15, 0.2) is 18.1 Å². The molecule has 0 unspecified atom stereocenters. The number of benzene rings is 2. The third-order valence-corrected chi connectivity index (χ3v) is 3.81. The first-order valence-electron chi connectivity index (χ1n) is 8.89. The molecule has 2 aromatic carbocycles. The molecule has 27 heavy (non-hydrogen) atoms. The molecule has 1 amide bonds. The van der Waals surface area contributed by atoms with Crippen LogP contribution in [0.1, 0.15) is 37.8 Å². The van der Waals surface area contributed by atoms with Crippen LogP contribution >= 0.6 is 0 Å². The minimum absolute atomic E-state index is 0.106. The minimum atomic E-state index is -0.336. The summed E-state index contributed by atoms with van der Waals surface area (Å²) >= 11 is 0. The number of ether oxygens (including phenoxy) is 3. The van der Waals surface area contributed by atoms with Crippen molar-refractivity contribution in [2.75, 3.05) is 20.3 Å². The third-order valence-electron chi connectivity index (χ3n) is 3.81. The summed E-state index contributed by atoms with van der Waals surface area (Å²) in [5, 5.41) is 3.94. The Labute approximate surface area is 160 Å². The first kappa shape index (κ1) is 20.3. The molecule has 0 atom stereocenters. The normalized spacial score (nSPS) is 10.9. The molecule has 6 nitrogen and oxygen atoms in total. The highest BCUT2D eigenvalue weighted by atomic mass is 16.5. The van der Waals surface area contributed by atoms with Crippen molar-refractivity contribution in [2.45, 2.75) is 26.7 Å². The Morgan fingerprint density at radius 3 is 2.48 bits per heavy atom. The lowest BCUT2D eigenvalue weighted by atomic mass is 10.0. The van der Waals surface area contributed by atoms with Crippen molar-refractivity contribution in [1.29, 1.82) is 0 Å². The van der Waals surface area contributed by atoms with Gasteiger partial charge in [-0.05, 0) is 54.3 Å². The van der Waals surface area contributed by atoms with Crippen molar-refractivity contribution in [3.05, 3.63) is 53.6 Å². The van der Waals surface area contributed by atoms with E-state index >= 15 is 0 Å². The summed E-state index contributed by atoms with van der Waals surface area (Å²) in [6.45, 7) is 6.61. The highest BCUT2D eigenvalue weighted by Crippen LogP contribution is 2.27. The smallest absolute Gasteiger partial charge is 0.277 e. The maximum absolute atomic E-state index is 11.8. The van der Waals surface area contributed by atoms with Gasteiger partial charge < -0.3 is 14.2 Å². The maximum Gasteiger partial charge on any atom is 0.277 e. The molecule has 144 valence electrons. The maximum atomic E-state index is 11.8. The predicted octanol–water partition coefficient (Wildman–Crippen LogP) is 3.75. The second-order valence-electron chi connectivity index (χ2n) is 6.15. The van der Waals surface area contributed by atoms with E-state index in [2.05, 4.69) is 24.4 Å². The van der Waals surface area contributed by atoms with Crippen LogP contribution in [-0.2, 0) is 4.79 Å². The van der Waals surface area contributed by atoms with Gasteiger partial charge in [-0.2, -0.15) is 5.10 Å². The van der Waals surface area contributed by atoms with Crippen LogP contribution < -0.4 is 19.6 Å². The molecule has 0 bridgehead atoms. The summed E-state index contributed by atoms with van der Waals surface area (Å²) in [6.07, 6.45) is 1.54. The monoisotopic (exact) mass is 370 g/mol. The Hall–Kier alpha value is -3.02. The van der Waals surface area contributed by atoms with Crippen LogP contribution in [0.2, 0.25) is 0 Å². The third kappa shape index (κ3) is 6.33. The van der Waals surface area contributed by atoms with E-state index in [1.54, 1.807) is 19.2 Å². The van der Waals surface area contributed by atoms with Gasteiger partial charge in [0, 0.05) is 0 Å². The van der Waals surface area contributed by atoms with Crippen molar-refractivity contribution >= 4 is 12.1 Å². The average Bonchev–Trinajstić information content (AvgIpc) is 2.68. The van der Waals surface area contributed by atoms with Gasteiger partial charge in [-0.1, -0.05) is 26.0 Å². The number of carbonyl (C=O) groups is 1. The van der Waals surface area contributed by atoms with Crippen molar-refractivity contribution < 1.29 is 19.0 Å². The zero-order valence-electron chi connectivity index (χ0n) is 16.2. The topological polar surface area (TPSA) is 69.2 Å². The fourth-order valence-electron chi connectivity index (χ4n) is 2.35. The molecule has 2 aromatic rings. The van der Waals surface area contributed by atoms with Crippen LogP contribution in [0.25, 0.3) is 0 Å². The van der Waals surface area contributed by atoms with E-state index in [0.29, 0.717) is 29.8 Å². The quantitative estimate of drug-likeness (QED) is 0.539. The SMILES string of the molecule is CCOc1ccc(/C=N/NC(=O)COc2ccc(C(C)C)cc2)cc1OC. The van der Waals surface area contributed by atoms with Crippen LogP contribution in [-0.4, -0.2) is 32.4 Å². The molecule has 2 rings (SSSR count). The van der Waals surface area contributed by atoms with Crippen molar-refractivity contribution in [2.24, 2.45) is 5.10 Å². The number of rotatable bonds is 9. The Kier molecular flexibility index (Phi) is 7.67. The van der Waals surface area contributed by atoms with Gasteiger partial charge in [-0.3, -0.25) is 4.79 Å². The van der Waals surface area contributed by atoms with E-state index in [1.807, 2.05) is 37.3 Å². The molecule has 0 fully saturated rings. The van der Waals surface area contributed by atoms with Crippen LogP contribution in [0, 0.1) is 0 Å². The number of methoxy groups -OCH3 is 1. The lowest BCUT2D eigenvalue weighted by Gasteiger charge is -2.09. The highest BCUT2D eigenvalue weighted by Gasteiger charge is 2.05. The summed E-state index contributed by atoms with van der Waals surface area (Å²) in [5.41, 5.74) is 4.44. The summed E-state index contributed by atoms with van der Waals surface area (Å²) in [6, 6.07) is 13.1. The standard InChI is InChI=1S/C21H26N2O4/c1-5-26-19-11-6-16(12-20(19)25-4)13-22-23-21(24)14-27-18-9-7-17(8-10-18)15(2)3/h6-13,15H,5,14H2,1-4H3,(H,23,24)/b22-13+. The first-order valence-corrected chi connectivity index (χ1v) is 8.89. The lowest BCUT2D eigenvalue weighted by Crippen LogP contribution is -2.24. The Morgan fingerprint density at radius 1 is 1.11 bits per heavy atom. The zero-order valence-corrected chi connectivity index (χ0v) is 16.2. The Morgan fingerprint density at radius 2 is 1.85 bits per heavy atom. The summed E-state index contributed by atoms with van der Waals surface area (Å²) in [5.74, 6) is 2.04. The summed E-state index contributed by atoms with van der Waals surface area (Å²) < 4.78 is 16.2. The Balaban J connectivity index is 1.84. The van der Waals surface area contributed by atoms with Gasteiger partial charge in [0.1, 0.15) is 5.75 Å². The van der Waals surface area contributed by atoms with Crippen molar-refractivity contribution in [1.82, 2.24) is 5.43 Å². The van der Waals surface area contributed by atoms with Gasteiger partial charge in [0.05, 0.1) is 19.9 Å². The van der Waals surface area contributed by atoms with E-state index in [4.69, 9.17) is 14.2 Å². The van der Waals surface area contributed by atoms with Crippen molar-refractivity contribution in [3.8, 4) is 17.2 Å². The van der Waals surface area contributed by atoms with Gasteiger partial charge in [0.2, 0.25) is 0 Å². The number of nitrogens with one attached hydrogen (secondary N) is 1. The van der Waals surface area contributed by atoms with E-state index in [1.165, 1.54) is 11.8 Å². The van der Waals surface area contributed by atoms with Crippen LogP contribution in [0.4, 0.5) is 0 Å². The van der Waals surface area contributed by atoms with Gasteiger partial charge in [-0.25, -0.2) is 5.43 Å². The number of hydrazone groups is 1. The lowest BCUT2D eigenvalue weighted by molar-refractivity contribution is -0.123. The number of nitrogens with zero attached hydrogens (tertiary/aromatic N) is 1. The van der Waals surface area contributed by atoms with E-state index in [-0.39, 0.29) is 12.5 Å². The molecule has 0 spiro atoms. The molecular weight excluding hydrogens is 344 g/mol. The molecule has 1 N–H and O–H groups in total. The minimum Gasteiger partial charge on any atom is -0.493 e. The van der Waals surface area contributed by atoms with Gasteiger partial charge in [0.25, 0.3) is 5.91 Å². The molecular formula is C21H26N2O4. The number of carbonyl (C=O) groups excluding carboxylic acids is 1. The average molecular weight is 370 g/mol. The molecule has 6 heteroatoms. The van der Waals surface area contributed by atoms with Gasteiger partial charge >= 0.3 is 0 Å². The van der Waals surface area contributed by atoms with E-state index in [0.717, 1.165) is 5.56 Å². The van der Waals surface area contributed by atoms with E-state index < -0.39 is 0 Å². The zero-order chi connectivity index (χ0) is 19.6.